The van der Waals surface area contributed by atoms with Crippen molar-refractivity contribution in [2.45, 2.75) is 90.9 Å². The highest BCUT2D eigenvalue weighted by Crippen LogP contribution is 2.57. The molecule has 9 rings (SSSR count). The van der Waals surface area contributed by atoms with E-state index in [9.17, 15) is 0 Å². The van der Waals surface area contributed by atoms with Crippen molar-refractivity contribution >= 4 is 21.8 Å². The van der Waals surface area contributed by atoms with Gasteiger partial charge >= 0.3 is 0 Å². The van der Waals surface area contributed by atoms with E-state index in [1.54, 1.807) is 0 Å². The minimum Gasteiger partial charge on any atom is -0.308 e. The van der Waals surface area contributed by atoms with Crippen LogP contribution in [-0.4, -0.2) is 19.5 Å². The van der Waals surface area contributed by atoms with Crippen molar-refractivity contribution in [2.24, 2.45) is 0 Å². The first-order chi connectivity index (χ1) is 24.0. The summed E-state index contributed by atoms with van der Waals surface area (Å²) in [5.41, 5.74) is 14.6. The lowest BCUT2D eigenvalue weighted by molar-refractivity contribution is 0.572. The van der Waals surface area contributed by atoms with Crippen LogP contribution in [0, 0.1) is 0 Å². The van der Waals surface area contributed by atoms with E-state index in [-0.39, 0.29) is 21.7 Å². The van der Waals surface area contributed by atoms with Gasteiger partial charge in [-0.15, -0.1) is 0 Å². The molecule has 0 bridgehead atoms. The fourth-order valence-corrected chi connectivity index (χ4v) is 8.50. The van der Waals surface area contributed by atoms with E-state index in [1.165, 1.54) is 60.9 Å². The minimum absolute atomic E-state index is 0.00104. The minimum atomic E-state index is -0.276. The Kier molecular flexibility index (Phi) is 6.40. The van der Waals surface area contributed by atoms with Crippen molar-refractivity contribution in [1.29, 1.82) is 0 Å². The monoisotopic (exact) mass is 666 g/mol. The number of rotatable bonds is 3. The summed E-state index contributed by atoms with van der Waals surface area (Å²) in [4.78, 5) is 15.4. The molecule has 2 aliphatic heterocycles. The van der Waals surface area contributed by atoms with Crippen LogP contribution in [-0.2, 0) is 21.7 Å². The molecule has 0 atom stereocenters. The molecule has 254 valence electrons. The van der Waals surface area contributed by atoms with Gasteiger partial charge in [-0.2, -0.15) is 0 Å². The van der Waals surface area contributed by atoms with E-state index in [1.807, 2.05) is 36.4 Å². The number of benzene rings is 5. The SMILES string of the molecule is CC(C)(C)c1cc2c3c(c1)c1cc(C(C)(C)C)cc4c1n3-c1c(cc(-c3nc(-c5ccccc5)nc(-c5ccccc5)n3)cc1C4(C)C)C2(C)C. The number of fused-ring (bicyclic) bond motifs is 1. The molecule has 5 aromatic carbocycles. The molecule has 2 aromatic heterocycles. The Balaban J connectivity index is 1.41. The van der Waals surface area contributed by atoms with Gasteiger partial charge < -0.3 is 4.57 Å². The third-order valence-electron chi connectivity index (χ3n) is 11.7. The summed E-state index contributed by atoms with van der Waals surface area (Å²) in [7, 11) is 0. The summed E-state index contributed by atoms with van der Waals surface area (Å²) in [5, 5.41) is 2.73. The summed E-state index contributed by atoms with van der Waals surface area (Å²) < 4.78 is 2.62. The highest BCUT2D eigenvalue weighted by atomic mass is 15.0. The lowest BCUT2D eigenvalue weighted by Crippen LogP contribution is -2.34. The van der Waals surface area contributed by atoms with Gasteiger partial charge in [0.2, 0.25) is 0 Å². The molecule has 0 amide bonds. The van der Waals surface area contributed by atoms with E-state index in [0.29, 0.717) is 17.5 Å². The Morgan fingerprint density at radius 1 is 0.451 bits per heavy atom. The quantitative estimate of drug-likeness (QED) is 0.188. The van der Waals surface area contributed by atoms with E-state index < -0.39 is 0 Å². The van der Waals surface area contributed by atoms with Crippen molar-refractivity contribution in [3.8, 4) is 39.9 Å². The molecule has 0 unspecified atom stereocenters. The smallest absolute Gasteiger partial charge is 0.164 e. The van der Waals surface area contributed by atoms with Gasteiger partial charge in [0, 0.05) is 38.3 Å². The van der Waals surface area contributed by atoms with Crippen LogP contribution >= 0.6 is 0 Å². The van der Waals surface area contributed by atoms with Gasteiger partial charge in [-0.05, 0) is 68.5 Å². The molecule has 0 N–H and O–H groups in total. The second kappa shape index (κ2) is 10.3. The van der Waals surface area contributed by atoms with Gasteiger partial charge in [-0.25, -0.2) is 15.0 Å². The molecule has 0 saturated carbocycles. The van der Waals surface area contributed by atoms with Crippen LogP contribution in [0.2, 0.25) is 0 Å². The molecule has 7 aromatic rings. The van der Waals surface area contributed by atoms with Gasteiger partial charge in [0.1, 0.15) is 0 Å². The molecule has 4 heteroatoms. The summed E-state index contributed by atoms with van der Waals surface area (Å²) in [5.74, 6) is 2.05. The van der Waals surface area contributed by atoms with Crippen LogP contribution in [0.1, 0.15) is 103 Å². The van der Waals surface area contributed by atoms with Crippen LogP contribution in [0.15, 0.2) is 97.1 Å². The van der Waals surface area contributed by atoms with Gasteiger partial charge in [-0.3, -0.25) is 0 Å². The molecular formula is C47H46N4. The van der Waals surface area contributed by atoms with E-state index in [4.69, 9.17) is 15.0 Å². The molecule has 51 heavy (non-hydrogen) atoms. The molecule has 0 spiro atoms. The number of nitrogens with zero attached hydrogens (tertiary/aromatic N) is 4. The fraction of sp³-hybridized carbons (Fsp3) is 0.298. The Bertz CT molecular complexity index is 2400. The normalized spacial score (nSPS) is 15.6. The van der Waals surface area contributed by atoms with Crippen molar-refractivity contribution in [3.63, 3.8) is 0 Å². The highest BCUT2D eigenvalue weighted by molar-refractivity contribution is 6.14. The maximum atomic E-state index is 5.21. The number of hydrogen-bond acceptors (Lipinski definition) is 3. The van der Waals surface area contributed by atoms with Gasteiger partial charge in [0.25, 0.3) is 0 Å². The lowest BCUT2D eigenvalue weighted by atomic mass is 9.67. The zero-order valence-electron chi connectivity index (χ0n) is 31.5. The van der Waals surface area contributed by atoms with Crippen LogP contribution < -0.4 is 0 Å². The van der Waals surface area contributed by atoms with Gasteiger partial charge in [-0.1, -0.05) is 142 Å². The molecular weight excluding hydrogens is 621 g/mol. The molecule has 0 fully saturated rings. The van der Waals surface area contributed by atoms with Crippen LogP contribution in [0.3, 0.4) is 0 Å². The Hall–Kier alpha value is -5.09. The maximum absolute atomic E-state index is 5.21. The standard InChI is InChI=1S/C47H46N4/c1-44(2,3)30-23-32-33-24-31(45(4,5)6)26-37-39(33)51-38(32)36(25-30)46(7,8)34-21-29(22-35(40(34)51)47(37,9)10)43-49-41(27-17-13-11-14-18-27)48-42(50-43)28-19-15-12-16-20-28/h11-26H,1-10H3. The average Bonchev–Trinajstić information content (AvgIpc) is 3.43. The predicted molar refractivity (Wildman–Crippen MR) is 212 cm³/mol. The van der Waals surface area contributed by atoms with Crippen molar-refractivity contribution in [1.82, 2.24) is 19.5 Å². The van der Waals surface area contributed by atoms with E-state index >= 15 is 0 Å². The van der Waals surface area contributed by atoms with Crippen molar-refractivity contribution in [2.75, 3.05) is 0 Å². The Morgan fingerprint density at radius 2 is 0.824 bits per heavy atom. The molecule has 4 heterocycles. The topological polar surface area (TPSA) is 43.6 Å². The zero-order valence-corrected chi connectivity index (χ0v) is 31.5. The largest absolute Gasteiger partial charge is 0.308 e. The Labute approximate surface area is 301 Å². The average molecular weight is 667 g/mol. The van der Waals surface area contributed by atoms with Gasteiger partial charge in [0.15, 0.2) is 17.5 Å². The molecule has 2 aliphatic rings. The van der Waals surface area contributed by atoms with Gasteiger partial charge in [0.05, 0.1) is 16.7 Å². The van der Waals surface area contributed by atoms with Crippen molar-refractivity contribution in [3.05, 3.63) is 130 Å². The highest BCUT2D eigenvalue weighted by Gasteiger charge is 2.45. The summed E-state index contributed by atoms with van der Waals surface area (Å²) in [6, 6.07) is 35.3. The zero-order chi connectivity index (χ0) is 35.8. The predicted octanol–water partition coefficient (Wildman–Crippen LogP) is 11.8. The van der Waals surface area contributed by atoms with E-state index in [0.717, 1.165) is 16.7 Å². The second-order valence-electron chi connectivity index (χ2n) is 17.9. The first-order valence-corrected chi connectivity index (χ1v) is 18.3. The summed E-state index contributed by atoms with van der Waals surface area (Å²) in [6.07, 6.45) is 0. The van der Waals surface area contributed by atoms with Crippen molar-refractivity contribution < 1.29 is 0 Å². The van der Waals surface area contributed by atoms with E-state index in [2.05, 4.69) is 134 Å². The number of aromatic nitrogens is 4. The fourth-order valence-electron chi connectivity index (χ4n) is 8.50. The summed E-state index contributed by atoms with van der Waals surface area (Å²) >= 11 is 0. The van der Waals surface area contributed by atoms with Crippen LogP contribution in [0.4, 0.5) is 0 Å². The molecule has 4 nitrogen and oxygen atoms in total. The maximum Gasteiger partial charge on any atom is 0.164 e. The third-order valence-corrected chi connectivity index (χ3v) is 11.7. The third kappa shape index (κ3) is 4.54. The molecule has 0 saturated heterocycles. The lowest BCUT2D eigenvalue weighted by Gasteiger charge is -2.43. The first-order valence-electron chi connectivity index (χ1n) is 18.3. The van der Waals surface area contributed by atoms with Crippen LogP contribution in [0.25, 0.3) is 61.7 Å². The molecule has 0 aliphatic carbocycles. The number of hydrogen-bond donors (Lipinski definition) is 0. The second-order valence-corrected chi connectivity index (χ2v) is 17.9. The molecule has 0 radical (unpaired) electrons. The first kappa shape index (κ1) is 31.9. The summed E-state index contributed by atoms with van der Waals surface area (Å²) in [6.45, 7) is 23.7. The van der Waals surface area contributed by atoms with Crippen LogP contribution in [0.5, 0.6) is 0 Å². The Morgan fingerprint density at radius 3 is 1.20 bits per heavy atom.